The highest BCUT2D eigenvalue weighted by molar-refractivity contribution is 5.78. The van der Waals surface area contributed by atoms with Gasteiger partial charge in [-0.1, -0.05) is 13.5 Å². The lowest BCUT2D eigenvalue weighted by Gasteiger charge is -2.41. The minimum atomic E-state index is 0.321. The molecule has 2 aliphatic rings. The molecule has 154 valence electrons. The number of fused-ring (bicyclic) bond motifs is 3. The van der Waals surface area contributed by atoms with Crippen LogP contribution in [0, 0.1) is 6.92 Å². The van der Waals surface area contributed by atoms with Crippen LogP contribution in [-0.4, -0.2) is 39.6 Å². The first-order valence-corrected chi connectivity index (χ1v) is 10.3. The normalized spacial score (nSPS) is 17.8. The molecule has 3 aromatic rings. The average molecular weight is 403 g/mol. The van der Waals surface area contributed by atoms with Crippen LogP contribution in [0.15, 0.2) is 41.2 Å². The third-order valence-corrected chi connectivity index (χ3v) is 5.84. The van der Waals surface area contributed by atoms with E-state index in [0.29, 0.717) is 23.6 Å². The molecule has 1 unspecified atom stereocenters. The van der Waals surface area contributed by atoms with Gasteiger partial charge >= 0.3 is 0 Å². The fraction of sp³-hybridized carbons (Fsp3) is 0.364. The quantitative estimate of drug-likeness (QED) is 0.698. The molecule has 5 rings (SSSR count). The fourth-order valence-corrected chi connectivity index (χ4v) is 4.29. The van der Waals surface area contributed by atoms with Crippen LogP contribution < -0.4 is 15.1 Å². The average Bonchev–Trinajstić information content (AvgIpc) is 3.41. The summed E-state index contributed by atoms with van der Waals surface area (Å²) in [5, 5.41) is 3.32. The molecule has 0 aliphatic carbocycles. The molecule has 0 saturated carbocycles. The summed E-state index contributed by atoms with van der Waals surface area (Å²) in [6, 6.07) is 4.16. The van der Waals surface area contributed by atoms with Crippen LogP contribution in [0.3, 0.4) is 0 Å². The van der Waals surface area contributed by atoms with E-state index in [4.69, 9.17) is 14.4 Å². The van der Waals surface area contributed by atoms with Crippen LogP contribution in [0.2, 0.25) is 0 Å². The van der Waals surface area contributed by atoms with Crippen molar-refractivity contribution in [3.63, 3.8) is 0 Å². The van der Waals surface area contributed by atoms with Gasteiger partial charge in [-0.25, -0.2) is 9.97 Å². The Kier molecular flexibility index (Phi) is 4.42. The molecule has 5 heterocycles. The minimum Gasteiger partial charge on any atom is -0.439 e. The maximum absolute atomic E-state index is 5.54. The summed E-state index contributed by atoms with van der Waals surface area (Å²) < 4.78 is 5.54. The second kappa shape index (κ2) is 7.12. The molecule has 2 aliphatic heterocycles. The van der Waals surface area contributed by atoms with Gasteiger partial charge in [-0.05, 0) is 31.4 Å². The molecule has 1 saturated heterocycles. The summed E-state index contributed by atoms with van der Waals surface area (Å²) in [5.74, 6) is 2.85. The SMILES string of the molecule is C=C1C2CCCN2c2nc(Nc3ccc(-c4cnc(C)o4)nc3)nc(CC)c2N1C. The summed E-state index contributed by atoms with van der Waals surface area (Å²) in [6.07, 6.45) is 6.52. The zero-order chi connectivity index (χ0) is 20.8. The smallest absolute Gasteiger partial charge is 0.229 e. The number of rotatable bonds is 4. The summed E-state index contributed by atoms with van der Waals surface area (Å²) in [6.45, 7) is 9.26. The van der Waals surface area contributed by atoms with Gasteiger partial charge in [0.15, 0.2) is 17.5 Å². The number of oxazole rings is 1. The number of nitrogens with zero attached hydrogens (tertiary/aromatic N) is 6. The van der Waals surface area contributed by atoms with Crippen molar-refractivity contribution in [1.29, 1.82) is 0 Å². The lowest BCUT2D eigenvalue weighted by atomic mass is 10.1. The molecule has 8 nitrogen and oxygen atoms in total. The monoisotopic (exact) mass is 403 g/mol. The molecular formula is C22H25N7O. The molecule has 1 fully saturated rings. The van der Waals surface area contributed by atoms with Gasteiger partial charge in [0.25, 0.3) is 0 Å². The lowest BCUT2D eigenvalue weighted by Crippen LogP contribution is -2.43. The maximum atomic E-state index is 5.54. The Balaban J connectivity index is 1.47. The highest BCUT2D eigenvalue weighted by Gasteiger charge is 2.38. The molecule has 8 heteroatoms. The number of pyridine rings is 1. The molecule has 0 radical (unpaired) electrons. The van der Waals surface area contributed by atoms with Crippen molar-refractivity contribution in [2.45, 2.75) is 39.2 Å². The first-order valence-electron chi connectivity index (χ1n) is 10.3. The van der Waals surface area contributed by atoms with E-state index in [1.165, 1.54) is 0 Å². The van der Waals surface area contributed by atoms with E-state index >= 15 is 0 Å². The molecule has 1 N–H and O–H groups in total. The van der Waals surface area contributed by atoms with Gasteiger partial charge in [0, 0.05) is 26.2 Å². The van der Waals surface area contributed by atoms with Gasteiger partial charge in [0.2, 0.25) is 5.95 Å². The Morgan fingerprint density at radius 2 is 2.10 bits per heavy atom. The topological polar surface area (TPSA) is 83.2 Å². The molecule has 0 amide bonds. The third-order valence-electron chi connectivity index (χ3n) is 5.84. The summed E-state index contributed by atoms with van der Waals surface area (Å²) in [4.78, 5) is 22.8. The summed E-state index contributed by atoms with van der Waals surface area (Å²) >= 11 is 0. The van der Waals surface area contributed by atoms with Crippen molar-refractivity contribution in [3.05, 3.63) is 48.4 Å². The van der Waals surface area contributed by atoms with Crippen LogP contribution in [0.5, 0.6) is 0 Å². The Bertz CT molecular complexity index is 1110. The van der Waals surface area contributed by atoms with E-state index in [2.05, 4.69) is 45.6 Å². The van der Waals surface area contributed by atoms with Crippen LogP contribution in [-0.2, 0) is 6.42 Å². The molecular weight excluding hydrogens is 378 g/mol. The van der Waals surface area contributed by atoms with E-state index in [1.807, 2.05) is 19.1 Å². The van der Waals surface area contributed by atoms with Gasteiger partial charge in [-0.2, -0.15) is 4.98 Å². The van der Waals surface area contributed by atoms with Crippen molar-refractivity contribution in [1.82, 2.24) is 19.9 Å². The molecule has 0 aromatic carbocycles. The Hall–Kier alpha value is -3.42. The summed E-state index contributed by atoms with van der Waals surface area (Å²) in [7, 11) is 2.07. The van der Waals surface area contributed by atoms with E-state index < -0.39 is 0 Å². The van der Waals surface area contributed by atoms with Gasteiger partial charge in [-0.15, -0.1) is 0 Å². The van der Waals surface area contributed by atoms with Crippen molar-refractivity contribution < 1.29 is 4.42 Å². The number of anilines is 4. The predicted molar refractivity (Wildman–Crippen MR) is 117 cm³/mol. The van der Waals surface area contributed by atoms with E-state index in [1.54, 1.807) is 12.4 Å². The molecule has 0 spiro atoms. The predicted octanol–water partition coefficient (Wildman–Crippen LogP) is 4.07. The number of hydrogen-bond acceptors (Lipinski definition) is 8. The number of likely N-dealkylation sites (N-methyl/N-ethyl adjacent to an activating group) is 1. The first-order chi connectivity index (χ1) is 14.5. The first kappa shape index (κ1) is 18.6. The van der Waals surface area contributed by atoms with Crippen molar-refractivity contribution in [2.24, 2.45) is 0 Å². The Morgan fingerprint density at radius 1 is 1.23 bits per heavy atom. The summed E-state index contributed by atoms with van der Waals surface area (Å²) in [5.41, 5.74) is 4.77. The third kappa shape index (κ3) is 2.99. The second-order valence-corrected chi connectivity index (χ2v) is 7.72. The molecule has 3 aromatic heterocycles. The van der Waals surface area contributed by atoms with Gasteiger partial charge in [0.05, 0.1) is 29.8 Å². The van der Waals surface area contributed by atoms with Crippen molar-refractivity contribution in [2.75, 3.05) is 28.7 Å². The van der Waals surface area contributed by atoms with Crippen molar-refractivity contribution in [3.8, 4) is 11.5 Å². The van der Waals surface area contributed by atoms with Crippen LogP contribution >= 0.6 is 0 Å². The maximum Gasteiger partial charge on any atom is 0.229 e. The van der Waals surface area contributed by atoms with Crippen LogP contribution in [0.1, 0.15) is 31.4 Å². The Morgan fingerprint density at radius 3 is 2.80 bits per heavy atom. The lowest BCUT2D eigenvalue weighted by molar-refractivity contribution is 0.532. The zero-order valence-electron chi connectivity index (χ0n) is 17.5. The highest BCUT2D eigenvalue weighted by Crippen LogP contribution is 2.43. The molecule has 1 atom stereocenters. The standard InChI is InChI=1S/C22H25N7O/c1-5-16-20-21(29-10-6-7-18(29)13(2)28(20)4)27-22(26-16)25-15-8-9-17(24-11-15)19-12-23-14(3)30-19/h8-9,11-12,18H,2,5-7,10H2,1,3-4H3,(H,25,26,27). The van der Waals surface area contributed by atoms with E-state index in [-0.39, 0.29) is 0 Å². The second-order valence-electron chi connectivity index (χ2n) is 7.72. The van der Waals surface area contributed by atoms with Crippen LogP contribution in [0.4, 0.5) is 23.1 Å². The van der Waals surface area contributed by atoms with Crippen molar-refractivity contribution >= 4 is 23.1 Å². The number of aromatic nitrogens is 4. The van der Waals surface area contributed by atoms with Gasteiger partial charge in [-0.3, -0.25) is 4.98 Å². The fourth-order valence-electron chi connectivity index (χ4n) is 4.29. The minimum absolute atomic E-state index is 0.321. The van der Waals surface area contributed by atoms with Gasteiger partial charge < -0.3 is 19.5 Å². The van der Waals surface area contributed by atoms with E-state index in [9.17, 15) is 0 Å². The van der Waals surface area contributed by atoms with Crippen LogP contribution in [0.25, 0.3) is 11.5 Å². The zero-order valence-corrected chi connectivity index (χ0v) is 17.5. The highest BCUT2D eigenvalue weighted by atomic mass is 16.4. The van der Waals surface area contributed by atoms with E-state index in [0.717, 1.165) is 60.1 Å². The largest absolute Gasteiger partial charge is 0.439 e. The Labute approximate surface area is 175 Å². The number of aryl methyl sites for hydroxylation is 2. The number of nitrogens with one attached hydrogen (secondary N) is 1. The number of hydrogen-bond donors (Lipinski definition) is 1. The molecule has 30 heavy (non-hydrogen) atoms. The molecule has 0 bridgehead atoms. The van der Waals surface area contributed by atoms with Gasteiger partial charge in [0.1, 0.15) is 11.4 Å².